The third-order valence-electron chi connectivity index (χ3n) is 5.08. The first kappa shape index (κ1) is 13.9. The molecule has 0 amide bonds. The molecule has 1 saturated heterocycles. The fourth-order valence-corrected chi connectivity index (χ4v) is 4.19. The SMILES string of the molecule is CC(=O)O[C@@]1(C)CCCC(C)(C)[C@@]12CC[C@H](C)O2. The van der Waals surface area contributed by atoms with Crippen LogP contribution >= 0.6 is 0 Å². The van der Waals surface area contributed by atoms with E-state index in [1.807, 2.05) is 0 Å². The molecule has 0 bridgehead atoms. The van der Waals surface area contributed by atoms with E-state index in [1.54, 1.807) is 0 Å². The largest absolute Gasteiger partial charge is 0.456 e. The Labute approximate surface area is 110 Å². The summed E-state index contributed by atoms with van der Waals surface area (Å²) in [6.45, 7) is 10.2. The Morgan fingerprint density at radius 3 is 2.39 bits per heavy atom. The lowest BCUT2D eigenvalue weighted by atomic mass is 9.57. The van der Waals surface area contributed by atoms with Crippen LogP contribution in [0.2, 0.25) is 0 Å². The summed E-state index contributed by atoms with van der Waals surface area (Å²) in [6.07, 6.45) is 5.44. The van der Waals surface area contributed by atoms with Gasteiger partial charge >= 0.3 is 5.97 Å². The molecule has 1 aliphatic heterocycles. The van der Waals surface area contributed by atoms with Crippen LogP contribution in [0.1, 0.15) is 66.7 Å². The van der Waals surface area contributed by atoms with Gasteiger partial charge in [-0.1, -0.05) is 13.8 Å². The molecule has 2 aliphatic rings. The quantitative estimate of drug-likeness (QED) is 0.672. The molecule has 0 unspecified atom stereocenters. The highest BCUT2D eigenvalue weighted by Crippen LogP contribution is 2.58. The van der Waals surface area contributed by atoms with Gasteiger partial charge in [-0.25, -0.2) is 0 Å². The van der Waals surface area contributed by atoms with Gasteiger partial charge in [0, 0.05) is 6.92 Å². The van der Waals surface area contributed by atoms with E-state index in [-0.39, 0.29) is 23.1 Å². The molecule has 104 valence electrons. The van der Waals surface area contributed by atoms with E-state index < -0.39 is 5.60 Å². The van der Waals surface area contributed by atoms with Crippen molar-refractivity contribution in [3.05, 3.63) is 0 Å². The zero-order valence-corrected chi connectivity index (χ0v) is 12.3. The highest BCUT2D eigenvalue weighted by molar-refractivity contribution is 5.66. The molecule has 2 fully saturated rings. The first-order chi connectivity index (χ1) is 8.22. The van der Waals surface area contributed by atoms with Crippen molar-refractivity contribution in [3.63, 3.8) is 0 Å². The summed E-state index contributed by atoms with van der Waals surface area (Å²) in [5.41, 5.74) is -0.741. The Balaban J connectivity index is 2.40. The van der Waals surface area contributed by atoms with Gasteiger partial charge in [0.1, 0.15) is 11.2 Å². The molecule has 3 nitrogen and oxygen atoms in total. The highest BCUT2D eigenvalue weighted by Gasteiger charge is 2.64. The molecular weight excluding hydrogens is 228 g/mol. The highest BCUT2D eigenvalue weighted by atomic mass is 16.6. The summed E-state index contributed by atoms with van der Waals surface area (Å²) in [5.74, 6) is -0.197. The molecule has 1 spiro atoms. The van der Waals surface area contributed by atoms with Crippen molar-refractivity contribution in [3.8, 4) is 0 Å². The molecule has 18 heavy (non-hydrogen) atoms. The van der Waals surface area contributed by atoms with E-state index in [9.17, 15) is 4.79 Å². The minimum Gasteiger partial charge on any atom is -0.456 e. The van der Waals surface area contributed by atoms with Crippen LogP contribution in [0.5, 0.6) is 0 Å². The fraction of sp³-hybridized carbons (Fsp3) is 0.933. The number of rotatable bonds is 1. The van der Waals surface area contributed by atoms with Crippen LogP contribution in [0.3, 0.4) is 0 Å². The van der Waals surface area contributed by atoms with Crippen LogP contribution in [0, 0.1) is 5.41 Å². The van der Waals surface area contributed by atoms with Gasteiger partial charge in [0.25, 0.3) is 0 Å². The van der Waals surface area contributed by atoms with Crippen LogP contribution in [-0.2, 0) is 14.3 Å². The van der Waals surface area contributed by atoms with Crippen LogP contribution in [0.25, 0.3) is 0 Å². The summed E-state index contributed by atoms with van der Waals surface area (Å²) in [4.78, 5) is 11.5. The van der Waals surface area contributed by atoms with Crippen LogP contribution in [0.15, 0.2) is 0 Å². The Morgan fingerprint density at radius 2 is 1.89 bits per heavy atom. The number of carbonyl (C=O) groups is 1. The van der Waals surface area contributed by atoms with Gasteiger partial charge in [-0.2, -0.15) is 0 Å². The topological polar surface area (TPSA) is 35.5 Å². The predicted octanol–water partition coefficient (Wildman–Crippen LogP) is 3.46. The molecule has 0 N–H and O–H groups in total. The van der Waals surface area contributed by atoms with Gasteiger partial charge in [0.05, 0.1) is 6.10 Å². The average molecular weight is 254 g/mol. The van der Waals surface area contributed by atoms with Crippen molar-refractivity contribution in [2.45, 2.75) is 84.0 Å². The van der Waals surface area contributed by atoms with Gasteiger partial charge in [-0.05, 0) is 51.4 Å². The van der Waals surface area contributed by atoms with Crippen molar-refractivity contribution in [2.75, 3.05) is 0 Å². The van der Waals surface area contributed by atoms with E-state index in [2.05, 4.69) is 27.7 Å². The van der Waals surface area contributed by atoms with Crippen molar-refractivity contribution in [1.29, 1.82) is 0 Å². The molecule has 3 heteroatoms. The zero-order chi connectivity index (χ0) is 13.6. The molecule has 0 aromatic heterocycles. The smallest absolute Gasteiger partial charge is 0.303 e. The maximum atomic E-state index is 11.5. The van der Waals surface area contributed by atoms with Gasteiger partial charge in [-0.15, -0.1) is 0 Å². The average Bonchev–Trinajstić information content (AvgIpc) is 2.59. The zero-order valence-electron chi connectivity index (χ0n) is 12.3. The summed E-state index contributed by atoms with van der Waals surface area (Å²) in [6, 6.07) is 0. The van der Waals surface area contributed by atoms with Crippen LogP contribution < -0.4 is 0 Å². The van der Waals surface area contributed by atoms with E-state index >= 15 is 0 Å². The normalized spacial score (nSPS) is 43.1. The van der Waals surface area contributed by atoms with E-state index in [4.69, 9.17) is 9.47 Å². The Hall–Kier alpha value is -0.570. The monoisotopic (exact) mass is 254 g/mol. The van der Waals surface area contributed by atoms with Gasteiger partial charge in [-0.3, -0.25) is 4.79 Å². The number of esters is 1. The second kappa shape index (κ2) is 4.22. The maximum Gasteiger partial charge on any atom is 0.303 e. The molecule has 3 atom stereocenters. The lowest BCUT2D eigenvalue weighted by Crippen LogP contribution is -2.64. The Bertz CT molecular complexity index is 350. The predicted molar refractivity (Wildman–Crippen MR) is 70.3 cm³/mol. The van der Waals surface area contributed by atoms with Crippen molar-refractivity contribution >= 4 is 5.97 Å². The van der Waals surface area contributed by atoms with Crippen molar-refractivity contribution < 1.29 is 14.3 Å². The fourth-order valence-electron chi connectivity index (χ4n) is 4.19. The summed E-state index contributed by atoms with van der Waals surface area (Å²) in [7, 11) is 0. The molecule has 1 saturated carbocycles. The summed E-state index contributed by atoms with van der Waals surface area (Å²) < 4.78 is 12.1. The maximum absolute atomic E-state index is 11.5. The Kier molecular flexibility index (Phi) is 3.25. The Morgan fingerprint density at radius 1 is 1.22 bits per heavy atom. The minimum absolute atomic E-state index is 0.0558. The van der Waals surface area contributed by atoms with E-state index in [1.165, 1.54) is 6.92 Å². The van der Waals surface area contributed by atoms with Gasteiger partial charge in [0.15, 0.2) is 0 Å². The molecule has 1 heterocycles. The summed E-state index contributed by atoms with van der Waals surface area (Å²) in [5, 5.41) is 0. The third kappa shape index (κ3) is 1.87. The number of hydrogen-bond acceptors (Lipinski definition) is 3. The lowest BCUT2D eigenvalue weighted by molar-refractivity contribution is -0.251. The van der Waals surface area contributed by atoms with Gasteiger partial charge in [0.2, 0.25) is 0 Å². The first-order valence-corrected chi connectivity index (χ1v) is 7.10. The molecule has 0 aromatic rings. The number of hydrogen-bond donors (Lipinski definition) is 0. The molecule has 2 rings (SSSR count). The first-order valence-electron chi connectivity index (χ1n) is 7.10. The second-order valence-corrected chi connectivity index (χ2v) is 6.86. The lowest BCUT2D eigenvalue weighted by Gasteiger charge is -2.57. The van der Waals surface area contributed by atoms with Gasteiger partial charge < -0.3 is 9.47 Å². The molecule has 0 aromatic carbocycles. The summed E-state index contributed by atoms with van der Waals surface area (Å²) >= 11 is 0. The van der Waals surface area contributed by atoms with Crippen molar-refractivity contribution in [2.24, 2.45) is 5.41 Å². The molecule has 1 aliphatic carbocycles. The number of ether oxygens (including phenoxy) is 2. The molecular formula is C15H26O3. The van der Waals surface area contributed by atoms with E-state index in [0.717, 1.165) is 32.1 Å². The standard InChI is InChI=1S/C15H26O3/c1-11-7-10-15(17-11)13(3,4)8-6-9-14(15,5)18-12(2)16/h11H,6-10H2,1-5H3/t11-,14-,15-/m0/s1. The minimum atomic E-state index is -0.481. The number of carbonyl (C=O) groups excluding carboxylic acids is 1. The van der Waals surface area contributed by atoms with Crippen LogP contribution in [-0.4, -0.2) is 23.3 Å². The molecule has 0 radical (unpaired) electrons. The van der Waals surface area contributed by atoms with Crippen molar-refractivity contribution in [1.82, 2.24) is 0 Å². The second-order valence-electron chi connectivity index (χ2n) is 6.86. The van der Waals surface area contributed by atoms with Crippen LogP contribution in [0.4, 0.5) is 0 Å². The van der Waals surface area contributed by atoms with E-state index in [0.29, 0.717) is 0 Å². The third-order valence-corrected chi connectivity index (χ3v) is 5.08.